The lowest BCUT2D eigenvalue weighted by molar-refractivity contribution is -0.116. The Balaban J connectivity index is 2.40. The first kappa shape index (κ1) is 22.6. The quantitative estimate of drug-likeness (QED) is 0.674. The Bertz CT molecular complexity index is 996. The largest absolute Gasteiger partial charge is 0.497 e. The van der Waals surface area contributed by atoms with E-state index in [0.717, 1.165) is 10.6 Å². The maximum absolute atomic E-state index is 12.9. The van der Waals surface area contributed by atoms with E-state index in [4.69, 9.17) is 25.8 Å². The molecule has 0 heterocycles. The Kier molecular flexibility index (Phi) is 7.21. The van der Waals surface area contributed by atoms with Gasteiger partial charge in [0.15, 0.2) is 0 Å². The molecule has 0 radical (unpaired) electrons. The van der Waals surface area contributed by atoms with Gasteiger partial charge in [0.25, 0.3) is 0 Å². The highest BCUT2D eigenvalue weighted by molar-refractivity contribution is 7.92. The second kappa shape index (κ2) is 9.23. The number of hydrogen-bond donors (Lipinski definition) is 1. The number of halogens is 1. The van der Waals surface area contributed by atoms with Crippen molar-refractivity contribution in [2.24, 2.45) is 0 Å². The minimum atomic E-state index is -3.77. The molecule has 0 saturated heterocycles. The molecule has 0 bridgehead atoms. The zero-order valence-corrected chi connectivity index (χ0v) is 18.3. The monoisotopic (exact) mass is 442 g/mol. The van der Waals surface area contributed by atoms with Crippen LogP contribution >= 0.6 is 11.6 Å². The minimum Gasteiger partial charge on any atom is -0.497 e. The molecule has 10 heteroatoms. The number of methoxy groups -OCH3 is 3. The zero-order chi connectivity index (χ0) is 21.8. The summed E-state index contributed by atoms with van der Waals surface area (Å²) in [7, 11) is 0.565. The molecule has 0 aliphatic carbocycles. The number of carbonyl (C=O) groups is 1. The topological polar surface area (TPSA) is 94.2 Å². The van der Waals surface area contributed by atoms with Gasteiger partial charge in [-0.15, -0.1) is 0 Å². The van der Waals surface area contributed by atoms with Crippen LogP contribution in [0.1, 0.15) is 6.92 Å². The van der Waals surface area contributed by atoms with E-state index >= 15 is 0 Å². The van der Waals surface area contributed by atoms with E-state index in [-0.39, 0.29) is 0 Å². The summed E-state index contributed by atoms with van der Waals surface area (Å²) in [6, 6.07) is 8.38. The molecule has 0 aromatic heterocycles. The molecular formula is C19H23ClN2O6S. The van der Waals surface area contributed by atoms with Crippen molar-refractivity contribution in [2.75, 3.05) is 37.2 Å². The molecular weight excluding hydrogens is 420 g/mol. The first-order valence-corrected chi connectivity index (χ1v) is 10.7. The molecule has 2 aromatic rings. The van der Waals surface area contributed by atoms with Gasteiger partial charge in [0, 0.05) is 18.2 Å². The third-order valence-corrected chi connectivity index (χ3v) is 5.67. The number of nitrogens with zero attached hydrogens (tertiary/aromatic N) is 1. The second-order valence-corrected chi connectivity index (χ2v) is 8.38. The van der Waals surface area contributed by atoms with E-state index < -0.39 is 22.0 Å². The summed E-state index contributed by atoms with van der Waals surface area (Å²) in [5.74, 6) is 0.542. The summed E-state index contributed by atoms with van der Waals surface area (Å²) in [4.78, 5) is 12.9. The lowest BCUT2D eigenvalue weighted by atomic mass is 10.2. The molecule has 0 unspecified atom stereocenters. The van der Waals surface area contributed by atoms with E-state index in [0.29, 0.717) is 33.6 Å². The predicted octanol–water partition coefficient (Wildman–Crippen LogP) is 3.16. The number of benzene rings is 2. The molecule has 1 N–H and O–H groups in total. The normalized spacial score (nSPS) is 12.1. The lowest BCUT2D eigenvalue weighted by Crippen LogP contribution is -2.45. The SMILES string of the molecule is COc1cccc(N([C@@H](C)C(=O)Nc2cc(OC)c(Cl)cc2OC)S(C)(=O)=O)c1. The van der Waals surface area contributed by atoms with Crippen LogP contribution in [0.15, 0.2) is 36.4 Å². The summed E-state index contributed by atoms with van der Waals surface area (Å²) in [6.07, 6.45) is 1.03. The highest BCUT2D eigenvalue weighted by Crippen LogP contribution is 2.36. The standard InChI is InChI=1S/C19H23ClN2O6S/c1-12(22(29(5,24)25)13-7-6-8-14(9-13)26-2)19(23)21-16-11-17(27-3)15(20)10-18(16)28-4/h6-12H,1-5H3,(H,21,23)/t12-/m0/s1. The van der Waals surface area contributed by atoms with Gasteiger partial charge in [0.2, 0.25) is 15.9 Å². The van der Waals surface area contributed by atoms with Crippen molar-refractivity contribution < 1.29 is 27.4 Å². The number of amides is 1. The van der Waals surface area contributed by atoms with Crippen LogP contribution in [-0.2, 0) is 14.8 Å². The Morgan fingerprint density at radius 2 is 1.72 bits per heavy atom. The van der Waals surface area contributed by atoms with E-state index in [9.17, 15) is 13.2 Å². The van der Waals surface area contributed by atoms with Gasteiger partial charge in [-0.2, -0.15) is 0 Å². The average molecular weight is 443 g/mol. The van der Waals surface area contributed by atoms with E-state index in [1.54, 1.807) is 18.2 Å². The molecule has 2 rings (SSSR count). The molecule has 1 atom stereocenters. The second-order valence-electron chi connectivity index (χ2n) is 6.11. The number of nitrogens with one attached hydrogen (secondary N) is 1. The highest BCUT2D eigenvalue weighted by atomic mass is 35.5. The summed E-state index contributed by atoms with van der Waals surface area (Å²) >= 11 is 6.08. The fourth-order valence-electron chi connectivity index (χ4n) is 2.75. The van der Waals surface area contributed by atoms with Gasteiger partial charge in [-0.05, 0) is 19.1 Å². The first-order chi connectivity index (χ1) is 13.6. The third-order valence-electron chi connectivity index (χ3n) is 4.13. The molecule has 0 aliphatic rings. The van der Waals surface area contributed by atoms with Crippen LogP contribution in [0.5, 0.6) is 17.2 Å². The molecule has 2 aromatic carbocycles. The van der Waals surface area contributed by atoms with Gasteiger partial charge in [0.1, 0.15) is 23.3 Å². The number of sulfonamides is 1. The van der Waals surface area contributed by atoms with Crippen molar-refractivity contribution in [3.63, 3.8) is 0 Å². The van der Waals surface area contributed by atoms with Gasteiger partial charge in [-0.1, -0.05) is 17.7 Å². The Morgan fingerprint density at radius 3 is 2.28 bits per heavy atom. The summed E-state index contributed by atoms with van der Waals surface area (Å²) in [5, 5.41) is 2.98. The summed E-state index contributed by atoms with van der Waals surface area (Å²) in [5.41, 5.74) is 0.597. The number of rotatable bonds is 8. The Labute approximate surface area is 175 Å². The smallest absolute Gasteiger partial charge is 0.248 e. The maximum atomic E-state index is 12.9. The zero-order valence-electron chi connectivity index (χ0n) is 16.7. The van der Waals surface area contributed by atoms with Crippen LogP contribution in [0.3, 0.4) is 0 Å². The molecule has 0 spiro atoms. The number of carbonyl (C=O) groups excluding carboxylic acids is 1. The van der Waals surface area contributed by atoms with Crippen molar-refractivity contribution >= 4 is 38.9 Å². The van der Waals surface area contributed by atoms with Crippen molar-refractivity contribution in [1.82, 2.24) is 0 Å². The van der Waals surface area contributed by atoms with Crippen molar-refractivity contribution in [3.05, 3.63) is 41.4 Å². The highest BCUT2D eigenvalue weighted by Gasteiger charge is 2.30. The average Bonchev–Trinajstić information content (AvgIpc) is 2.67. The van der Waals surface area contributed by atoms with Crippen LogP contribution in [-0.4, -0.2) is 48.0 Å². The van der Waals surface area contributed by atoms with Gasteiger partial charge >= 0.3 is 0 Å². The van der Waals surface area contributed by atoms with E-state index in [1.807, 2.05) is 0 Å². The van der Waals surface area contributed by atoms with Crippen molar-refractivity contribution in [3.8, 4) is 17.2 Å². The van der Waals surface area contributed by atoms with Crippen LogP contribution in [0.25, 0.3) is 0 Å². The van der Waals surface area contributed by atoms with Crippen LogP contribution < -0.4 is 23.8 Å². The fraction of sp³-hybridized carbons (Fsp3) is 0.316. The number of ether oxygens (including phenoxy) is 3. The van der Waals surface area contributed by atoms with E-state index in [2.05, 4.69) is 5.32 Å². The molecule has 0 fully saturated rings. The molecule has 0 aliphatic heterocycles. The van der Waals surface area contributed by atoms with Gasteiger partial charge < -0.3 is 19.5 Å². The Morgan fingerprint density at radius 1 is 1.07 bits per heavy atom. The Hall–Kier alpha value is -2.65. The van der Waals surface area contributed by atoms with Gasteiger partial charge in [-0.25, -0.2) is 8.42 Å². The maximum Gasteiger partial charge on any atom is 0.248 e. The first-order valence-electron chi connectivity index (χ1n) is 8.48. The molecule has 158 valence electrons. The molecule has 29 heavy (non-hydrogen) atoms. The lowest BCUT2D eigenvalue weighted by Gasteiger charge is -2.28. The number of hydrogen-bond acceptors (Lipinski definition) is 6. The predicted molar refractivity (Wildman–Crippen MR) is 113 cm³/mol. The molecule has 1 amide bonds. The van der Waals surface area contributed by atoms with Crippen molar-refractivity contribution in [2.45, 2.75) is 13.0 Å². The fourth-order valence-corrected chi connectivity index (χ4v) is 4.15. The van der Waals surface area contributed by atoms with Crippen LogP contribution in [0.2, 0.25) is 5.02 Å². The van der Waals surface area contributed by atoms with Crippen LogP contribution in [0, 0.1) is 0 Å². The van der Waals surface area contributed by atoms with Gasteiger partial charge in [0.05, 0.1) is 44.0 Å². The number of anilines is 2. The van der Waals surface area contributed by atoms with Crippen molar-refractivity contribution in [1.29, 1.82) is 0 Å². The summed E-state index contributed by atoms with van der Waals surface area (Å²) < 4.78 is 41.5. The summed E-state index contributed by atoms with van der Waals surface area (Å²) in [6.45, 7) is 1.48. The van der Waals surface area contributed by atoms with Crippen LogP contribution in [0.4, 0.5) is 11.4 Å². The molecule has 8 nitrogen and oxygen atoms in total. The minimum absolute atomic E-state index is 0.296. The molecule has 0 saturated carbocycles. The third kappa shape index (κ3) is 5.24. The van der Waals surface area contributed by atoms with E-state index in [1.165, 1.54) is 46.5 Å². The van der Waals surface area contributed by atoms with Gasteiger partial charge in [-0.3, -0.25) is 9.10 Å².